The van der Waals surface area contributed by atoms with Gasteiger partial charge in [0.15, 0.2) is 0 Å². The number of pyridine rings is 1. The van der Waals surface area contributed by atoms with Gasteiger partial charge in [0.2, 0.25) is 0 Å². The monoisotopic (exact) mass is 287 g/mol. The Hall–Kier alpha value is -2.63. The number of benzene rings is 1. The Labute approximate surface area is 122 Å². The molecular formula is C15H17N3O3. The van der Waals surface area contributed by atoms with Crippen LogP contribution in [0.15, 0.2) is 36.5 Å². The van der Waals surface area contributed by atoms with Crippen LogP contribution in [0.4, 0.5) is 11.5 Å². The molecule has 1 heterocycles. The van der Waals surface area contributed by atoms with E-state index in [0.717, 1.165) is 17.7 Å². The van der Waals surface area contributed by atoms with Gasteiger partial charge in [-0.25, -0.2) is 4.98 Å². The Kier molecular flexibility index (Phi) is 4.71. The van der Waals surface area contributed by atoms with E-state index in [2.05, 4.69) is 10.3 Å². The van der Waals surface area contributed by atoms with Crippen LogP contribution >= 0.6 is 0 Å². The molecule has 2 aromatic rings. The maximum atomic E-state index is 10.9. The number of methoxy groups -OCH3 is 1. The average molecular weight is 287 g/mol. The molecule has 0 radical (unpaired) electrons. The lowest BCUT2D eigenvalue weighted by Gasteiger charge is -2.09. The van der Waals surface area contributed by atoms with Crippen molar-refractivity contribution < 1.29 is 9.66 Å². The molecule has 6 heteroatoms. The first-order chi connectivity index (χ1) is 10.1. The van der Waals surface area contributed by atoms with Crippen LogP contribution in [-0.4, -0.2) is 23.6 Å². The zero-order chi connectivity index (χ0) is 15.2. The van der Waals surface area contributed by atoms with Gasteiger partial charge in [0.05, 0.1) is 18.1 Å². The smallest absolute Gasteiger partial charge is 0.277 e. The molecule has 21 heavy (non-hydrogen) atoms. The van der Waals surface area contributed by atoms with Crippen molar-refractivity contribution in [1.29, 1.82) is 0 Å². The summed E-state index contributed by atoms with van der Waals surface area (Å²) in [6.45, 7) is 2.29. The molecule has 1 aromatic heterocycles. The Morgan fingerprint density at radius 2 is 2.14 bits per heavy atom. The second kappa shape index (κ2) is 6.69. The van der Waals surface area contributed by atoms with Crippen LogP contribution in [0.2, 0.25) is 0 Å². The standard InChI is InChI=1S/C15H17N3O3/c1-11-10-17-15(9-13(11)18(19)20)16-8-7-12-5-3-4-6-14(12)21-2/h3-6,9-10H,7-8H2,1-2H3,(H,16,17). The number of anilines is 1. The predicted octanol–water partition coefficient (Wildman–Crippen LogP) is 2.96. The highest BCUT2D eigenvalue weighted by molar-refractivity contribution is 5.49. The third-order valence-corrected chi connectivity index (χ3v) is 3.16. The zero-order valence-electron chi connectivity index (χ0n) is 12.0. The van der Waals surface area contributed by atoms with Gasteiger partial charge in [0.25, 0.3) is 5.69 Å². The summed E-state index contributed by atoms with van der Waals surface area (Å²) in [7, 11) is 1.64. The number of hydrogen-bond acceptors (Lipinski definition) is 5. The number of aromatic nitrogens is 1. The molecule has 2 rings (SSSR count). The fourth-order valence-corrected chi connectivity index (χ4v) is 2.04. The lowest BCUT2D eigenvalue weighted by atomic mass is 10.1. The Bertz CT molecular complexity index is 644. The van der Waals surface area contributed by atoms with Crippen LogP contribution in [0.25, 0.3) is 0 Å². The van der Waals surface area contributed by atoms with Crippen LogP contribution in [-0.2, 0) is 6.42 Å². The average Bonchev–Trinajstić information content (AvgIpc) is 2.49. The van der Waals surface area contributed by atoms with Gasteiger partial charge < -0.3 is 10.1 Å². The van der Waals surface area contributed by atoms with Gasteiger partial charge in [-0.15, -0.1) is 0 Å². The first kappa shape index (κ1) is 14.8. The first-order valence-corrected chi connectivity index (χ1v) is 6.58. The van der Waals surface area contributed by atoms with E-state index >= 15 is 0 Å². The van der Waals surface area contributed by atoms with E-state index in [1.165, 1.54) is 12.3 Å². The molecule has 1 N–H and O–H groups in total. The number of para-hydroxylation sites is 1. The highest BCUT2D eigenvalue weighted by Crippen LogP contribution is 2.21. The quantitative estimate of drug-likeness (QED) is 0.653. The van der Waals surface area contributed by atoms with Crippen molar-refractivity contribution >= 4 is 11.5 Å². The van der Waals surface area contributed by atoms with Gasteiger partial charge in [0, 0.05) is 18.3 Å². The molecule has 0 bridgehead atoms. The third kappa shape index (κ3) is 3.68. The van der Waals surface area contributed by atoms with Crippen molar-refractivity contribution in [3.8, 4) is 5.75 Å². The maximum absolute atomic E-state index is 10.9. The van der Waals surface area contributed by atoms with E-state index in [0.29, 0.717) is 17.9 Å². The van der Waals surface area contributed by atoms with Crippen LogP contribution < -0.4 is 10.1 Å². The number of hydrogen-bond donors (Lipinski definition) is 1. The normalized spacial score (nSPS) is 10.2. The Balaban J connectivity index is 2.00. The lowest BCUT2D eigenvalue weighted by Crippen LogP contribution is -2.07. The predicted molar refractivity (Wildman–Crippen MR) is 80.8 cm³/mol. The summed E-state index contributed by atoms with van der Waals surface area (Å²) in [5.74, 6) is 1.34. The van der Waals surface area contributed by atoms with Crippen molar-refractivity contribution in [3.05, 3.63) is 57.8 Å². The van der Waals surface area contributed by atoms with E-state index in [-0.39, 0.29) is 5.69 Å². The molecular weight excluding hydrogens is 270 g/mol. The highest BCUT2D eigenvalue weighted by atomic mass is 16.6. The van der Waals surface area contributed by atoms with E-state index < -0.39 is 4.92 Å². The van der Waals surface area contributed by atoms with E-state index in [9.17, 15) is 10.1 Å². The van der Waals surface area contributed by atoms with Gasteiger partial charge in [-0.05, 0) is 25.0 Å². The van der Waals surface area contributed by atoms with E-state index in [4.69, 9.17) is 4.74 Å². The van der Waals surface area contributed by atoms with Gasteiger partial charge >= 0.3 is 0 Å². The molecule has 0 spiro atoms. The molecule has 0 fully saturated rings. The van der Waals surface area contributed by atoms with Crippen LogP contribution in [0.5, 0.6) is 5.75 Å². The van der Waals surface area contributed by atoms with Gasteiger partial charge in [-0.2, -0.15) is 0 Å². The second-order valence-electron chi connectivity index (χ2n) is 4.60. The van der Waals surface area contributed by atoms with Crippen molar-refractivity contribution in [1.82, 2.24) is 4.98 Å². The number of nitro groups is 1. The molecule has 0 atom stereocenters. The summed E-state index contributed by atoms with van der Waals surface area (Å²) in [6.07, 6.45) is 2.25. The highest BCUT2D eigenvalue weighted by Gasteiger charge is 2.11. The van der Waals surface area contributed by atoms with Crippen molar-refractivity contribution in [3.63, 3.8) is 0 Å². The Morgan fingerprint density at radius 3 is 2.86 bits per heavy atom. The minimum absolute atomic E-state index is 0.0739. The number of nitrogens with one attached hydrogen (secondary N) is 1. The maximum Gasteiger partial charge on any atom is 0.277 e. The zero-order valence-corrected chi connectivity index (χ0v) is 12.0. The fraction of sp³-hybridized carbons (Fsp3) is 0.267. The van der Waals surface area contributed by atoms with Crippen molar-refractivity contribution in [2.24, 2.45) is 0 Å². The number of ether oxygens (including phenoxy) is 1. The van der Waals surface area contributed by atoms with Crippen molar-refractivity contribution in [2.75, 3.05) is 19.0 Å². The molecule has 110 valence electrons. The minimum Gasteiger partial charge on any atom is -0.496 e. The van der Waals surface area contributed by atoms with Crippen molar-refractivity contribution in [2.45, 2.75) is 13.3 Å². The van der Waals surface area contributed by atoms with Gasteiger partial charge in [-0.3, -0.25) is 10.1 Å². The van der Waals surface area contributed by atoms with Crippen LogP contribution in [0.1, 0.15) is 11.1 Å². The summed E-state index contributed by atoms with van der Waals surface area (Å²) in [5, 5.41) is 14.0. The summed E-state index contributed by atoms with van der Waals surface area (Å²) in [5.41, 5.74) is 1.70. The number of nitrogens with zero attached hydrogens (tertiary/aromatic N) is 2. The van der Waals surface area contributed by atoms with Gasteiger partial charge in [-0.1, -0.05) is 18.2 Å². The molecule has 0 saturated heterocycles. The molecule has 0 unspecified atom stereocenters. The Morgan fingerprint density at radius 1 is 1.38 bits per heavy atom. The summed E-state index contributed by atoms with van der Waals surface area (Å²) in [4.78, 5) is 14.6. The molecule has 1 aromatic carbocycles. The summed E-state index contributed by atoms with van der Waals surface area (Å²) >= 11 is 0. The molecule has 0 aliphatic carbocycles. The number of aryl methyl sites for hydroxylation is 1. The molecule has 0 aliphatic heterocycles. The summed E-state index contributed by atoms with van der Waals surface area (Å²) < 4.78 is 5.28. The van der Waals surface area contributed by atoms with Gasteiger partial charge in [0.1, 0.15) is 11.6 Å². The first-order valence-electron chi connectivity index (χ1n) is 6.58. The third-order valence-electron chi connectivity index (χ3n) is 3.16. The molecule has 0 amide bonds. The lowest BCUT2D eigenvalue weighted by molar-refractivity contribution is -0.385. The number of rotatable bonds is 6. The van der Waals surface area contributed by atoms with Crippen LogP contribution in [0.3, 0.4) is 0 Å². The van der Waals surface area contributed by atoms with E-state index in [1.807, 2.05) is 24.3 Å². The largest absolute Gasteiger partial charge is 0.496 e. The topological polar surface area (TPSA) is 77.3 Å². The second-order valence-corrected chi connectivity index (χ2v) is 4.60. The van der Waals surface area contributed by atoms with Crippen LogP contribution in [0, 0.1) is 17.0 Å². The van der Waals surface area contributed by atoms with E-state index in [1.54, 1.807) is 14.0 Å². The fourth-order valence-electron chi connectivity index (χ4n) is 2.04. The SMILES string of the molecule is COc1ccccc1CCNc1cc([N+](=O)[O-])c(C)cn1. The molecule has 6 nitrogen and oxygen atoms in total. The minimum atomic E-state index is -0.400. The summed E-state index contributed by atoms with van der Waals surface area (Å²) in [6, 6.07) is 9.22. The molecule has 0 saturated carbocycles. The molecule has 0 aliphatic rings.